The van der Waals surface area contributed by atoms with Crippen molar-refractivity contribution in [2.24, 2.45) is 5.92 Å². The Bertz CT molecular complexity index is 834. The van der Waals surface area contributed by atoms with Crippen molar-refractivity contribution in [2.75, 3.05) is 25.0 Å². The van der Waals surface area contributed by atoms with Gasteiger partial charge in [0.2, 0.25) is 5.91 Å². The lowest BCUT2D eigenvalue weighted by atomic mass is 9.88. The molecular weight excluding hydrogens is 418 g/mol. The maximum absolute atomic E-state index is 13.8. The molecule has 1 heterocycles. The van der Waals surface area contributed by atoms with E-state index in [-0.39, 0.29) is 29.7 Å². The number of nitrogens with one attached hydrogen (secondary N) is 1. The number of hydrogen-bond donors (Lipinski definition) is 1. The zero-order valence-corrected chi connectivity index (χ0v) is 16.1. The molecule has 27 heavy (non-hydrogen) atoms. The van der Waals surface area contributed by atoms with Gasteiger partial charge >= 0.3 is 0 Å². The van der Waals surface area contributed by atoms with Gasteiger partial charge in [0.1, 0.15) is 11.6 Å². The molecule has 7 heteroatoms. The average Bonchev–Trinajstić information content (AvgIpc) is 2.65. The summed E-state index contributed by atoms with van der Waals surface area (Å²) < 4.78 is 28.0. The van der Waals surface area contributed by atoms with Gasteiger partial charge in [-0.1, -0.05) is 15.9 Å². The first-order chi connectivity index (χ1) is 12.9. The molecule has 0 unspecified atom stereocenters. The Labute approximate surface area is 164 Å². The highest BCUT2D eigenvalue weighted by molar-refractivity contribution is 9.10. The first-order valence-corrected chi connectivity index (χ1v) is 9.49. The zero-order chi connectivity index (χ0) is 19.4. The summed E-state index contributed by atoms with van der Waals surface area (Å²) in [6.07, 6.45) is 1.03. The molecule has 0 aromatic heterocycles. The highest BCUT2D eigenvalue weighted by Crippen LogP contribution is 2.24. The lowest BCUT2D eigenvalue weighted by Gasteiger charge is -2.30. The Morgan fingerprint density at radius 1 is 1.07 bits per heavy atom. The number of hydrogen-bond acceptors (Lipinski definition) is 3. The highest BCUT2D eigenvalue weighted by atomic mass is 79.9. The van der Waals surface area contributed by atoms with Crippen LogP contribution in [0.25, 0.3) is 0 Å². The lowest BCUT2D eigenvalue weighted by molar-refractivity contribution is -0.117. The molecule has 1 aliphatic heterocycles. The monoisotopic (exact) mass is 436 g/mol. The van der Waals surface area contributed by atoms with Gasteiger partial charge in [0.05, 0.1) is 12.1 Å². The van der Waals surface area contributed by atoms with Gasteiger partial charge in [-0.3, -0.25) is 14.5 Å². The quantitative estimate of drug-likeness (QED) is 0.712. The number of anilines is 1. The van der Waals surface area contributed by atoms with Crippen LogP contribution < -0.4 is 5.32 Å². The summed E-state index contributed by atoms with van der Waals surface area (Å²) in [7, 11) is 0. The summed E-state index contributed by atoms with van der Waals surface area (Å²) in [4.78, 5) is 26.6. The molecule has 142 valence electrons. The maximum atomic E-state index is 13.8. The third kappa shape index (κ3) is 5.20. The topological polar surface area (TPSA) is 49.4 Å². The van der Waals surface area contributed by atoms with Crippen LogP contribution in [0.1, 0.15) is 23.2 Å². The predicted molar refractivity (Wildman–Crippen MR) is 103 cm³/mol. The average molecular weight is 437 g/mol. The van der Waals surface area contributed by atoms with Gasteiger partial charge in [-0.15, -0.1) is 0 Å². The van der Waals surface area contributed by atoms with Crippen molar-refractivity contribution in [2.45, 2.75) is 12.8 Å². The fourth-order valence-electron chi connectivity index (χ4n) is 3.20. The van der Waals surface area contributed by atoms with E-state index < -0.39 is 11.6 Å². The van der Waals surface area contributed by atoms with E-state index in [9.17, 15) is 18.4 Å². The molecule has 0 bridgehead atoms. The first-order valence-electron chi connectivity index (χ1n) is 8.69. The first kappa shape index (κ1) is 19.6. The molecule has 4 nitrogen and oxygen atoms in total. The third-order valence-corrected chi connectivity index (χ3v) is 5.18. The van der Waals surface area contributed by atoms with Crippen LogP contribution in [0.3, 0.4) is 0 Å². The number of likely N-dealkylation sites (tertiary alicyclic amines) is 1. The Morgan fingerprint density at radius 3 is 2.41 bits per heavy atom. The number of halogens is 3. The second-order valence-corrected chi connectivity index (χ2v) is 7.51. The van der Waals surface area contributed by atoms with Crippen LogP contribution in [0.15, 0.2) is 46.9 Å². The van der Waals surface area contributed by atoms with E-state index in [1.807, 2.05) is 17.0 Å². The van der Waals surface area contributed by atoms with Crippen molar-refractivity contribution >= 4 is 33.3 Å². The fraction of sp³-hybridized carbons (Fsp3) is 0.300. The van der Waals surface area contributed by atoms with Crippen molar-refractivity contribution < 1.29 is 18.4 Å². The third-order valence-electron chi connectivity index (χ3n) is 4.65. The number of Topliss-reactive ketones (excluding diaryl/α,β-unsaturated/α-hetero) is 1. The van der Waals surface area contributed by atoms with E-state index in [1.165, 1.54) is 0 Å². The van der Waals surface area contributed by atoms with E-state index >= 15 is 0 Å². The minimum Gasteiger partial charge on any atom is -0.325 e. The van der Waals surface area contributed by atoms with Crippen molar-refractivity contribution in [3.05, 3.63) is 64.1 Å². The van der Waals surface area contributed by atoms with E-state index in [1.54, 1.807) is 12.1 Å². The largest absolute Gasteiger partial charge is 0.325 e. The van der Waals surface area contributed by atoms with Gasteiger partial charge in [0.15, 0.2) is 5.78 Å². The Balaban J connectivity index is 1.51. The molecule has 1 aliphatic rings. The smallest absolute Gasteiger partial charge is 0.238 e. The number of carbonyl (C=O) groups excluding carboxylic acids is 2. The number of amides is 1. The standard InChI is InChI=1S/C20H19BrF2N2O2/c21-14-1-4-16(5-2-14)24-19(26)12-25-9-7-13(8-10-25)20(27)17-11-15(22)3-6-18(17)23/h1-6,11,13H,7-10,12H2,(H,24,26). The number of benzene rings is 2. The number of rotatable bonds is 5. The minimum absolute atomic E-state index is 0.127. The second kappa shape index (κ2) is 8.71. The molecule has 0 aliphatic carbocycles. The summed E-state index contributed by atoms with van der Waals surface area (Å²) in [5.74, 6) is -2.17. The molecule has 2 aromatic carbocycles. The van der Waals surface area contributed by atoms with Gasteiger partial charge < -0.3 is 5.32 Å². The van der Waals surface area contributed by atoms with Crippen molar-refractivity contribution in [1.82, 2.24) is 4.90 Å². The summed E-state index contributed by atoms with van der Waals surface area (Å²) in [6.45, 7) is 1.34. The predicted octanol–water partition coefficient (Wildman–Crippen LogP) is 4.26. The van der Waals surface area contributed by atoms with Crippen LogP contribution in [0.5, 0.6) is 0 Å². The molecule has 2 aromatic rings. The molecule has 0 spiro atoms. The molecule has 1 N–H and O–H groups in total. The summed E-state index contributed by atoms with van der Waals surface area (Å²) in [5, 5.41) is 2.83. The Kier molecular flexibility index (Phi) is 6.34. The van der Waals surface area contributed by atoms with E-state index in [0.29, 0.717) is 25.9 Å². The molecule has 3 rings (SSSR count). The molecule has 0 radical (unpaired) electrons. The zero-order valence-electron chi connectivity index (χ0n) is 14.6. The molecule has 0 atom stereocenters. The van der Waals surface area contributed by atoms with Crippen LogP contribution in [0.4, 0.5) is 14.5 Å². The number of ketones is 1. The van der Waals surface area contributed by atoms with Gasteiger partial charge in [-0.05, 0) is 68.4 Å². The van der Waals surface area contributed by atoms with Crippen molar-refractivity contribution in [1.29, 1.82) is 0 Å². The van der Waals surface area contributed by atoms with Gasteiger partial charge in [-0.2, -0.15) is 0 Å². The summed E-state index contributed by atoms with van der Waals surface area (Å²) in [5.41, 5.74) is 0.524. The van der Waals surface area contributed by atoms with Crippen molar-refractivity contribution in [3.8, 4) is 0 Å². The molecular formula is C20H19BrF2N2O2. The Hall–Kier alpha value is -2.12. The molecule has 1 fully saturated rings. The molecule has 1 saturated heterocycles. The number of nitrogens with zero attached hydrogens (tertiary/aromatic N) is 1. The SMILES string of the molecule is O=C(CN1CCC(C(=O)c2cc(F)ccc2F)CC1)Nc1ccc(Br)cc1. The van der Waals surface area contributed by atoms with Crippen molar-refractivity contribution in [3.63, 3.8) is 0 Å². The highest BCUT2D eigenvalue weighted by Gasteiger charge is 2.28. The summed E-state index contributed by atoms with van der Waals surface area (Å²) in [6, 6.07) is 10.2. The van der Waals surface area contributed by atoms with E-state index in [4.69, 9.17) is 0 Å². The normalized spacial score (nSPS) is 15.5. The summed E-state index contributed by atoms with van der Waals surface area (Å²) >= 11 is 3.34. The fourth-order valence-corrected chi connectivity index (χ4v) is 3.46. The lowest BCUT2D eigenvalue weighted by Crippen LogP contribution is -2.40. The maximum Gasteiger partial charge on any atom is 0.238 e. The van der Waals surface area contributed by atoms with Crippen LogP contribution in [-0.2, 0) is 4.79 Å². The minimum atomic E-state index is -0.697. The molecule has 1 amide bonds. The van der Waals surface area contributed by atoms with Crippen LogP contribution in [0.2, 0.25) is 0 Å². The van der Waals surface area contributed by atoms with E-state index in [2.05, 4.69) is 21.2 Å². The Morgan fingerprint density at radius 2 is 1.74 bits per heavy atom. The second-order valence-electron chi connectivity index (χ2n) is 6.59. The van der Waals surface area contributed by atoms with Crippen LogP contribution >= 0.6 is 15.9 Å². The van der Waals surface area contributed by atoms with Gasteiger partial charge in [0.25, 0.3) is 0 Å². The van der Waals surface area contributed by atoms with Crippen LogP contribution in [0, 0.1) is 17.6 Å². The number of piperidine rings is 1. The van der Waals surface area contributed by atoms with Gasteiger partial charge in [-0.25, -0.2) is 8.78 Å². The van der Waals surface area contributed by atoms with E-state index in [0.717, 1.165) is 28.4 Å². The number of carbonyl (C=O) groups is 2. The molecule has 0 saturated carbocycles. The van der Waals surface area contributed by atoms with Crippen LogP contribution in [-0.4, -0.2) is 36.2 Å². The van der Waals surface area contributed by atoms with Gasteiger partial charge in [0, 0.05) is 16.1 Å².